The van der Waals surface area contributed by atoms with Crippen molar-refractivity contribution >= 4 is 35.1 Å². The lowest BCUT2D eigenvalue weighted by atomic mass is 10.1. The lowest BCUT2D eigenvalue weighted by Gasteiger charge is -2.28. The van der Waals surface area contributed by atoms with Crippen LogP contribution < -0.4 is 10.2 Å². The van der Waals surface area contributed by atoms with Gasteiger partial charge in [-0.2, -0.15) is 17.0 Å². The zero-order chi connectivity index (χ0) is 23.5. The predicted molar refractivity (Wildman–Crippen MR) is 131 cm³/mol. The minimum absolute atomic E-state index is 0.119. The molecular weight excluding hydrogens is 434 g/mol. The Morgan fingerprint density at radius 2 is 1.58 bits per heavy atom. The molecule has 168 valence electrons. The van der Waals surface area contributed by atoms with Crippen LogP contribution in [0.3, 0.4) is 0 Å². The zero-order valence-corrected chi connectivity index (χ0v) is 19.1. The van der Waals surface area contributed by atoms with Crippen LogP contribution in [-0.4, -0.2) is 30.1 Å². The molecule has 0 saturated heterocycles. The van der Waals surface area contributed by atoms with Crippen LogP contribution in [0.15, 0.2) is 84.9 Å². The van der Waals surface area contributed by atoms with Gasteiger partial charge in [0.1, 0.15) is 12.6 Å². The first-order valence-corrected chi connectivity index (χ1v) is 11.9. The summed E-state index contributed by atoms with van der Waals surface area (Å²) in [6.45, 7) is 0.119. The highest BCUT2D eigenvalue weighted by Gasteiger charge is 2.28. The molecule has 7 heteroatoms. The molecule has 0 heterocycles. The van der Waals surface area contributed by atoms with Gasteiger partial charge in [0, 0.05) is 11.4 Å². The van der Waals surface area contributed by atoms with E-state index in [2.05, 4.69) is 11.4 Å². The number of hydrogen-bond donors (Lipinski definition) is 1. The molecule has 0 radical (unpaired) electrons. The van der Waals surface area contributed by atoms with Gasteiger partial charge in [-0.15, -0.1) is 0 Å². The smallest absolute Gasteiger partial charge is 0.408 e. The van der Waals surface area contributed by atoms with Crippen molar-refractivity contribution in [3.63, 3.8) is 0 Å². The number of anilines is 2. The van der Waals surface area contributed by atoms with Crippen LogP contribution in [0.5, 0.6) is 0 Å². The first kappa shape index (κ1) is 23.9. The summed E-state index contributed by atoms with van der Waals surface area (Å²) >= 11 is 1.59. The van der Waals surface area contributed by atoms with E-state index in [9.17, 15) is 9.59 Å². The van der Waals surface area contributed by atoms with E-state index < -0.39 is 12.1 Å². The number of nitriles is 1. The summed E-state index contributed by atoms with van der Waals surface area (Å²) in [4.78, 5) is 27.8. The Balaban J connectivity index is 1.82. The molecule has 0 saturated carbocycles. The fraction of sp³-hybridized carbons (Fsp3) is 0.192. The number of alkyl carbamates (subject to hydrolysis) is 1. The van der Waals surface area contributed by atoms with Crippen molar-refractivity contribution in [2.75, 3.05) is 16.9 Å². The highest BCUT2D eigenvalue weighted by molar-refractivity contribution is 7.98. The predicted octanol–water partition coefficient (Wildman–Crippen LogP) is 5.27. The Kier molecular flexibility index (Phi) is 8.92. The van der Waals surface area contributed by atoms with Crippen molar-refractivity contribution < 1.29 is 14.3 Å². The number of nitrogens with one attached hydrogen (secondary N) is 1. The van der Waals surface area contributed by atoms with E-state index in [0.29, 0.717) is 29.1 Å². The third kappa shape index (κ3) is 6.86. The van der Waals surface area contributed by atoms with Gasteiger partial charge in [0.05, 0.1) is 11.6 Å². The standard InChI is InChI=1S/C26H25N3O3S/c1-33-17-16-24(28-26(31)32-19-21-8-4-2-5-9-21)25(30)29(22-10-6-3-7-11-22)23-14-12-20(18-27)13-15-23/h2-15,24H,16-17,19H2,1H3,(H,28,31)/t24-/m0/s1. The van der Waals surface area contributed by atoms with Crippen molar-refractivity contribution in [1.82, 2.24) is 5.32 Å². The van der Waals surface area contributed by atoms with Gasteiger partial charge in [-0.1, -0.05) is 48.5 Å². The van der Waals surface area contributed by atoms with Crippen molar-refractivity contribution in [2.45, 2.75) is 19.1 Å². The summed E-state index contributed by atoms with van der Waals surface area (Å²) in [6.07, 6.45) is 1.75. The molecule has 33 heavy (non-hydrogen) atoms. The Hall–Kier alpha value is -3.76. The normalized spacial score (nSPS) is 11.2. The highest BCUT2D eigenvalue weighted by Crippen LogP contribution is 2.27. The van der Waals surface area contributed by atoms with Crippen LogP contribution >= 0.6 is 11.8 Å². The van der Waals surface area contributed by atoms with Crippen LogP contribution in [0, 0.1) is 11.3 Å². The molecule has 3 rings (SSSR count). The van der Waals surface area contributed by atoms with E-state index in [1.165, 1.54) is 0 Å². The van der Waals surface area contributed by atoms with Gasteiger partial charge >= 0.3 is 6.09 Å². The fourth-order valence-electron chi connectivity index (χ4n) is 3.22. The number of carbonyl (C=O) groups is 2. The van der Waals surface area contributed by atoms with Crippen molar-refractivity contribution in [3.8, 4) is 6.07 Å². The number of hydrogen-bond acceptors (Lipinski definition) is 5. The van der Waals surface area contributed by atoms with Crippen molar-refractivity contribution in [3.05, 3.63) is 96.1 Å². The first-order chi connectivity index (χ1) is 16.1. The van der Waals surface area contributed by atoms with Gasteiger partial charge in [-0.05, 0) is 60.4 Å². The topological polar surface area (TPSA) is 82.4 Å². The Bertz CT molecular complexity index is 1080. The molecule has 0 aliphatic rings. The van der Waals surface area contributed by atoms with E-state index >= 15 is 0 Å². The van der Waals surface area contributed by atoms with Gasteiger partial charge in [-0.25, -0.2) is 4.79 Å². The number of ether oxygens (including phenoxy) is 1. The number of rotatable bonds is 9. The lowest BCUT2D eigenvalue weighted by Crippen LogP contribution is -2.47. The summed E-state index contributed by atoms with van der Waals surface area (Å²) < 4.78 is 5.35. The maximum Gasteiger partial charge on any atom is 0.408 e. The summed E-state index contributed by atoms with van der Waals surface area (Å²) in [5.74, 6) is 0.405. The Morgan fingerprint density at radius 1 is 0.970 bits per heavy atom. The monoisotopic (exact) mass is 459 g/mol. The van der Waals surface area contributed by atoms with Crippen molar-refractivity contribution in [1.29, 1.82) is 5.26 Å². The highest BCUT2D eigenvalue weighted by atomic mass is 32.2. The second-order valence-corrected chi connectivity index (χ2v) is 8.19. The number of carbonyl (C=O) groups excluding carboxylic acids is 2. The van der Waals surface area contributed by atoms with Crippen LogP contribution in [0.1, 0.15) is 17.5 Å². The molecule has 0 fully saturated rings. The molecule has 3 aromatic carbocycles. The number of para-hydroxylation sites is 1. The molecule has 0 spiro atoms. The van der Waals surface area contributed by atoms with Gasteiger partial charge in [0.2, 0.25) is 0 Å². The molecule has 6 nitrogen and oxygen atoms in total. The Labute approximate surface area is 198 Å². The van der Waals surface area contributed by atoms with Crippen molar-refractivity contribution in [2.24, 2.45) is 0 Å². The second-order valence-electron chi connectivity index (χ2n) is 7.21. The van der Waals surface area contributed by atoms with Gasteiger partial charge < -0.3 is 10.1 Å². The molecule has 2 amide bonds. The quantitative estimate of drug-likeness (QED) is 0.471. The SMILES string of the molecule is CSCC[C@H](NC(=O)OCc1ccccc1)C(=O)N(c1ccccc1)c1ccc(C#N)cc1. The third-order valence-corrected chi connectivity index (χ3v) is 5.55. The molecule has 1 atom stereocenters. The first-order valence-electron chi connectivity index (χ1n) is 10.5. The summed E-state index contributed by atoms with van der Waals surface area (Å²) in [7, 11) is 0. The lowest BCUT2D eigenvalue weighted by molar-refractivity contribution is -0.119. The number of benzene rings is 3. The molecule has 0 aromatic heterocycles. The summed E-state index contributed by atoms with van der Waals surface area (Å²) in [6, 6.07) is 26.7. The molecule has 0 aliphatic heterocycles. The zero-order valence-electron chi connectivity index (χ0n) is 18.3. The van der Waals surface area contributed by atoms with Gasteiger partial charge in [-0.3, -0.25) is 9.69 Å². The number of nitrogens with zero attached hydrogens (tertiary/aromatic N) is 2. The van der Waals surface area contributed by atoms with Crippen LogP contribution in [0.4, 0.5) is 16.2 Å². The van der Waals surface area contributed by atoms with E-state index in [-0.39, 0.29) is 12.5 Å². The molecule has 0 bridgehead atoms. The molecule has 3 aromatic rings. The molecule has 0 aliphatic carbocycles. The largest absolute Gasteiger partial charge is 0.445 e. The van der Waals surface area contributed by atoms with Crippen LogP contribution in [0.25, 0.3) is 0 Å². The van der Waals surface area contributed by atoms with Crippen LogP contribution in [-0.2, 0) is 16.1 Å². The third-order valence-electron chi connectivity index (χ3n) is 4.90. The number of amides is 2. The minimum Gasteiger partial charge on any atom is -0.445 e. The number of thioether (sulfide) groups is 1. The minimum atomic E-state index is -0.781. The summed E-state index contributed by atoms with van der Waals surface area (Å²) in [5.41, 5.74) is 2.64. The average molecular weight is 460 g/mol. The molecule has 0 unspecified atom stereocenters. The second kappa shape index (κ2) is 12.3. The fourth-order valence-corrected chi connectivity index (χ4v) is 3.69. The molecular formula is C26H25N3O3S. The Morgan fingerprint density at radius 3 is 2.18 bits per heavy atom. The maximum atomic E-state index is 13.7. The maximum absolute atomic E-state index is 13.7. The van der Waals surface area contributed by atoms with E-state index in [0.717, 1.165) is 5.56 Å². The summed E-state index contributed by atoms with van der Waals surface area (Å²) in [5, 5.41) is 11.9. The van der Waals surface area contributed by atoms with Gasteiger partial charge in [0.15, 0.2) is 0 Å². The average Bonchev–Trinajstić information content (AvgIpc) is 2.87. The van der Waals surface area contributed by atoms with Gasteiger partial charge in [0.25, 0.3) is 5.91 Å². The van der Waals surface area contributed by atoms with Crippen LogP contribution in [0.2, 0.25) is 0 Å². The van der Waals surface area contributed by atoms with E-state index in [1.54, 1.807) is 40.9 Å². The van der Waals surface area contributed by atoms with E-state index in [1.807, 2.05) is 66.9 Å². The molecule has 1 N–H and O–H groups in total. The van der Waals surface area contributed by atoms with E-state index in [4.69, 9.17) is 10.00 Å².